The number of piperazine rings is 1. The molecule has 2 aliphatic heterocycles. The number of hydrogen-bond acceptors (Lipinski definition) is 7. The molecule has 0 aliphatic carbocycles. The van der Waals surface area contributed by atoms with Crippen LogP contribution in [0.5, 0.6) is 0 Å². The number of sulfonamides is 1. The average molecular weight is 506 g/mol. The summed E-state index contributed by atoms with van der Waals surface area (Å²) in [4.78, 5) is 34.4. The summed E-state index contributed by atoms with van der Waals surface area (Å²) in [5.74, 6) is -3.65. The van der Waals surface area contributed by atoms with Crippen LogP contribution < -0.4 is 0 Å². The Morgan fingerprint density at radius 3 is 1.94 bits per heavy atom. The fourth-order valence-corrected chi connectivity index (χ4v) is 5.24. The normalized spacial score (nSPS) is 18.2. The molecule has 2 heterocycles. The summed E-state index contributed by atoms with van der Waals surface area (Å²) in [7, 11) is -3.48. The number of ether oxygens (including phenoxy) is 1. The highest BCUT2D eigenvalue weighted by molar-refractivity contribution is 7.89. The quantitative estimate of drug-likeness (QED) is 0.580. The minimum absolute atomic E-state index is 0.241. The highest BCUT2D eigenvalue weighted by Crippen LogP contribution is 2.23. The molecule has 33 heavy (non-hydrogen) atoms. The summed E-state index contributed by atoms with van der Waals surface area (Å²) < 4.78 is 32.1. The molecule has 2 aliphatic rings. The van der Waals surface area contributed by atoms with Gasteiger partial charge in [-0.05, 0) is 44.0 Å². The van der Waals surface area contributed by atoms with Crippen LogP contribution in [0.2, 0.25) is 5.02 Å². The van der Waals surface area contributed by atoms with E-state index in [1.54, 1.807) is 33.5 Å². The van der Waals surface area contributed by atoms with Crippen molar-refractivity contribution < 1.29 is 37.8 Å². The third-order valence-corrected chi connectivity index (χ3v) is 7.58. The van der Waals surface area contributed by atoms with E-state index in [0.29, 0.717) is 56.9 Å². The highest BCUT2D eigenvalue weighted by atomic mass is 35.5. The Bertz CT molecular complexity index is 913. The van der Waals surface area contributed by atoms with E-state index in [0.717, 1.165) is 12.8 Å². The lowest BCUT2D eigenvalue weighted by molar-refractivity contribution is -0.159. The molecular formula is C20H28ClN3O8S. The van der Waals surface area contributed by atoms with Gasteiger partial charge in [0.05, 0.1) is 11.5 Å². The first-order chi connectivity index (χ1) is 15.6. The number of nitrogens with zero attached hydrogens (tertiary/aromatic N) is 3. The predicted octanol–water partition coefficient (Wildman–Crippen LogP) is 1.42. The average Bonchev–Trinajstić information content (AvgIpc) is 2.80. The van der Waals surface area contributed by atoms with Gasteiger partial charge in [-0.2, -0.15) is 4.31 Å². The second kappa shape index (κ2) is 12.2. The van der Waals surface area contributed by atoms with E-state index in [1.165, 1.54) is 0 Å². The topological polar surface area (TPSA) is 145 Å². The molecule has 0 atom stereocenters. The number of amides is 1. The van der Waals surface area contributed by atoms with Crippen LogP contribution in [0.4, 0.5) is 4.79 Å². The lowest BCUT2D eigenvalue weighted by atomic mass is 10.0. The molecule has 2 N–H and O–H groups in total. The second-order valence-corrected chi connectivity index (χ2v) is 9.80. The Hall–Kier alpha value is -2.41. The van der Waals surface area contributed by atoms with Gasteiger partial charge in [0.2, 0.25) is 10.0 Å². The third kappa shape index (κ3) is 7.56. The summed E-state index contributed by atoms with van der Waals surface area (Å²) in [6, 6.07) is 6.69. The van der Waals surface area contributed by atoms with Crippen LogP contribution in [-0.4, -0.2) is 103 Å². The molecule has 0 saturated carbocycles. The maximum atomic E-state index is 12.8. The monoisotopic (exact) mass is 505 g/mol. The van der Waals surface area contributed by atoms with Crippen molar-refractivity contribution >= 4 is 39.7 Å². The highest BCUT2D eigenvalue weighted by Gasteiger charge is 2.33. The molecule has 1 amide bonds. The van der Waals surface area contributed by atoms with Gasteiger partial charge in [0.25, 0.3) is 0 Å². The van der Waals surface area contributed by atoms with Crippen LogP contribution in [0.3, 0.4) is 0 Å². The van der Waals surface area contributed by atoms with Crippen LogP contribution >= 0.6 is 11.6 Å². The SMILES string of the molecule is CCOC(=O)N1CCC(N2CCN(S(=O)(=O)c3ccc(Cl)cc3)CC2)CC1.O=C(O)C(=O)O. The smallest absolute Gasteiger partial charge is 0.414 e. The largest absolute Gasteiger partial charge is 0.473 e. The lowest BCUT2D eigenvalue weighted by Gasteiger charge is -2.42. The molecule has 0 radical (unpaired) electrons. The van der Waals surface area contributed by atoms with E-state index < -0.39 is 22.0 Å². The van der Waals surface area contributed by atoms with Gasteiger partial charge in [-0.25, -0.2) is 22.8 Å². The molecular weight excluding hydrogens is 478 g/mol. The van der Waals surface area contributed by atoms with Gasteiger partial charge in [-0.1, -0.05) is 11.6 Å². The Morgan fingerprint density at radius 1 is 0.970 bits per heavy atom. The van der Waals surface area contributed by atoms with E-state index >= 15 is 0 Å². The number of carbonyl (C=O) groups is 3. The zero-order chi connectivity index (χ0) is 24.6. The number of piperidine rings is 1. The van der Waals surface area contributed by atoms with Gasteiger partial charge in [0.1, 0.15) is 0 Å². The fraction of sp³-hybridized carbons (Fsp3) is 0.550. The zero-order valence-corrected chi connectivity index (χ0v) is 19.8. The van der Waals surface area contributed by atoms with Gasteiger partial charge in [0, 0.05) is 50.3 Å². The van der Waals surface area contributed by atoms with Crippen LogP contribution in [0, 0.1) is 0 Å². The first kappa shape index (κ1) is 26.8. The van der Waals surface area contributed by atoms with Crippen molar-refractivity contribution in [3.05, 3.63) is 29.3 Å². The molecule has 13 heteroatoms. The fourth-order valence-electron chi connectivity index (χ4n) is 3.69. The van der Waals surface area contributed by atoms with Crippen molar-refractivity contribution in [2.24, 2.45) is 0 Å². The molecule has 1 aromatic carbocycles. The summed E-state index contributed by atoms with van der Waals surface area (Å²) in [6.07, 6.45) is 1.54. The van der Waals surface area contributed by atoms with Gasteiger partial charge in [-0.3, -0.25) is 4.90 Å². The number of aliphatic carboxylic acids is 2. The van der Waals surface area contributed by atoms with Crippen molar-refractivity contribution in [1.82, 2.24) is 14.1 Å². The number of hydrogen-bond donors (Lipinski definition) is 2. The van der Waals surface area contributed by atoms with Crippen LogP contribution in [-0.2, 0) is 24.3 Å². The first-order valence-corrected chi connectivity index (χ1v) is 12.3. The van der Waals surface area contributed by atoms with Gasteiger partial charge >= 0.3 is 18.0 Å². The Balaban J connectivity index is 0.000000569. The second-order valence-electron chi connectivity index (χ2n) is 7.42. The molecule has 2 saturated heterocycles. The number of carboxylic acid groups (broad SMARTS) is 2. The number of carbonyl (C=O) groups excluding carboxylic acids is 1. The number of rotatable bonds is 4. The molecule has 184 valence electrons. The van der Waals surface area contributed by atoms with Crippen molar-refractivity contribution in [1.29, 1.82) is 0 Å². The van der Waals surface area contributed by atoms with Gasteiger partial charge < -0.3 is 19.8 Å². The van der Waals surface area contributed by atoms with Crippen molar-refractivity contribution in [3.63, 3.8) is 0 Å². The van der Waals surface area contributed by atoms with E-state index in [9.17, 15) is 13.2 Å². The van der Waals surface area contributed by atoms with E-state index in [1.807, 2.05) is 6.92 Å². The summed E-state index contributed by atoms with van der Waals surface area (Å²) in [5.41, 5.74) is 0. The zero-order valence-electron chi connectivity index (χ0n) is 18.2. The van der Waals surface area contributed by atoms with E-state index in [4.69, 9.17) is 36.1 Å². The number of likely N-dealkylation sites (tertiary alicyclic amines) is 1. The molecule has 3 rings (SSSR count). The molecule has 0 unspecified atom stereocenters. The predicted molar refractivity (Wildman–Crippen MR) is 119 cm³/mol. The lowest BCUT2D eigenvalue weighted by Crippen LogP contribution is -2.54. The third-order valence-electron chi connectivity index (χ3n) is 5.41. The molecule has 11 nitrogen and oxygen atoms in total. The van der Waals surface area contributed by atoms with Crippen LogP contribution in [0.25, 0.3) is 0 Å². The minimum Gasteiger partial charge on any atom is -0.473 e. The Kier molecular flexibility index (Phi) is 9.89. The molecule has 0 aromatic heterocycles. The maximum absolute atomic E-state index is 12.8. The van der Waals surface area contributed by atoms with E-state index in [2.05, 4.69) is 4.90 Å². The van der Waals surface area contributed by atoms with Crippen molar-refractivity contribution in [3.8, 4) is 0 Å². The molecule has 0 bridgehead atoms. The maximum Gasteiger partial charge on any atom is 0.414 e. The molecule has 2 fully saturated rings. The summed E-state index contributed by atoms with van der Waals surface area (Å²) in [5, 5.41) is 15.3. The van der Waals surface area contributed by atoms with E-state index in [-0.39, 0.29) is 11.0 Å². The molecule has 1 aromatic rings. The molecule has 0 spiro atoms. The van der Waals surface area contributed by atoms with Gasteiger partial charge in [0.15, 0.2) is 0 Å². The number of benzene rings is 1. The van der Waals surface area contributed by atoms with Crippen LogP contribution in [0.1, 0.15) is 19.8 Å². The number of carboxylic acids is 2. The standard InChI is InChI=1S/C18H26ClN3O4S.C2H2O4/c1-2-26-18(23)21-9-7-16(8-10-21)20-11-13-22(14-12-20)27(24,25)17-5-3-15(19)4-6-17;3-1(4)2(5)6/h3-6,16H,2,7-14H2,1H3;(H,3,4)(H,5,6). The number of halogens is 1. The first-order valence-electron chi connectivity index (χ1n) is 10.4. The Labute approximate surface area is 197 Å². The minimum atomic E-state index is -3.48. The van der Waals surface area contributed by atoms with Gasteiger partial charge in [-0.15, -0.1) is 0 Å². The Morgan fingerprint density at radius 2 is 1.48 bits per heavy atom. The van der Waals surface area contributed by atoms with Crippen molar-refractivity contribution in [2.75, 3.05) is 45.9 Å². The van der Waals surface area contributed by atoms with Crippen molar-refractivity contribution in [2.45, 2.75) is 30.7 Å². The summed E-state index contributed by atoms with van der Waals surface area (Å²) in [6.45, 7) is 5.94. The summed E-state index contributed by atoms with van der Waals surface area (Å²) >= 11 is 5.85. The van der Waals surface area contributed by atoms with Crippen LogP contribution in [0.15, 0.2) is 29.2 Å².